The van der Waals surface area contributed by atoms with Gasteiger partial charge in [0.2, 0.25) is 11.8 Å². The van der Waals surface area contributed by atoms with Crippen molar-refractivity contribution in [3.05, 3.63) is 0 Å². The van der Waals surface area contributed by atoms with Crippen LogP contribution in [0.2, 0.25) is 0 Å². The number of nitrogens with one attached hydrogen (secondary N) is 1. The Balaban J connectivity index is 2.04. The minimum atomic E-state index is -0.758. The second kappa shape index (κ2) is 5.14. The van der Waals surface area contributed by atoms with Crippen molar-refractivity contribution >= 4 is 11.8 Å². The second-order valence-electron chi connectivity index (χ2n) is 6.87. The highest BCUT2D eigenvalue weighted by Crippen LogP contribution is 2.30. The molecule has 1 heterocycles. The fraction of sp³-hybridized carbons (Fsp3) is 0.867. The molecule has 1 atom stereocenters. The van der Waals surface area contributed by atoms with Crippen LogP contribution in [-0.2, 0) is 9.59 Å². The number of amides is 2. The zero-order valence-electron chi connectivity index (χ0n) is 12.5. The molecule has 2 aliphatic rings. The van der Waals surface area contributed by atoms with Crippen LogP contribution in [0.5, 0.6) is 0 Å². The molecule has 4 heteroatoms. The van der Waals surface area contributed by atoms with Crippen molar-refractivity contribution in [2.75, 3.05) is 6.54 Å². The molecule has 0 aromatic carbocycles. The Hall–Kier alpha value is -1.06. The number of rotatable bonds is 2. The van der Waals surface area contributed by atoms with E-state index in [1.165, 1.54) is 25.7 Å². The number of piperazine rings is 1. The van der Waals surface area contributed by atoms with Gasteiger partial charge in [0.05, 0.1) is 0 Å². The van der Waals surface area contributed by atoms with Gasteiger partial charge in [-0.15, -0.1) is 0 Å². The van der Waals surface area contributed by atoms with E-state index in [-0.39, 0.29) is 17.9 Å². The predicted molar refractivity (Wildman–Crippen MR) is 74.5 cm³/mol. The maximum Gasteiger partial charge on any atom is 0.248 e. The van der Waals surface area contributed by atoms with Crippen molar-refractivity contribution in [3.63, 3.8) is 0 Å². The fourth-order valence-electron chi connectivity index (χ4n) is 3.17. The van der Waals surface area contributed by atoms with Crippen molar-refractivity contribution < 1.29 is 9.59 Å². The number of carbonyl (C=O) groups excluding carboxylic acids is 2. The summed E-state index contributed by atoms with van der Waals surface area (Å²) in [6.45, 7) is 8.43. The molecule has 108 valence electrons. The van der Waals surface area contributed by atoms with E-state index < -0.39 is 5.54 Å². The van der Waals surface area contributed by atoms with Crippen LogP contribution in [0.1, 0.15) is 53.4 Å². The maximum absolute atomic E-state index is 12.5. The van der Waals surface area contributed by atoms with Crippen molar-refractivity contribution in [1.29, 1.82) is 0 Å². The lowest BCUT2D eigenvalue weighted by Crippen LogP contribution is -2.67. The lowest BCUT2D eigenvalue weighted by Gasteiger charge is -2.43. The lowest BCUT2D eigenvalue weighted by molar-refractivity contribution is -0.153. The SMILES string of the molecule is CC1CCC(CN2C(=O)C(C)(C)NC(=O)C2C)CC1. The molecular formula is C15H26N2O2. The first-order chi connectivity index (χ1) is 8.81. The monoisotopic (exact) mass is 266 g/mol. The number of hydrogen-bond donors (Lipinski definition) is 1. The molecule has 1 saturated carbocycles. The summed E-state index contributed by atoms with van der Waals surface area (Å²) in [6, 6.07) is -0.333. The van der Waals surface area contributed by atoms with Crippen LogP contribution in [0.4, 0.5) is 0 Å². The highest BCUT2D eigenvalue weighted by Gasteiger charge is 2.43. The first kappa shape index (κ1) is 14.4. The van der Waals surface area contributed by atoms with E-state index in [4.69, 9.17) is 0 Å². The molecule has 0 spiro atoms. The molecule has 2 fully saturated rings. The Morgan fingerprint density at radius 1 is 1.16 bits per heavy atom. The van der Waals surface area contributed by atoms with Gasteiger partial charge in [-0.25, -0.2) is 0 Å². The average molecular weight is 266 g/mol. The molecule has 19 heavy (non-hydrogen) atoms. The van der Waals surface area contributed by atoms with Crippen LogP contribution in [0.15, 0.2) is 0 Å². The molecule has 0 aromatic rings. The van der Waals surface area contributed by atoms with Gasteiger partial charge >= 0.3 is 0 Å². The van der Waals surface area contributed by atoms with Gasteiger partial charge in [0, 0.05) is 6.54 Å². The molecule has 4 nitrogen and oxygen atoms in total. The molecule has 0 bridgehead atoms. The van der Waals surface area contributed by atoms with Gasteiger partial charge in [-0.05, 0) is 45.4 Å². The summed E-state index contributed by atoms with van der Waals surface area (Å²) in [4.78, 5) is 26.2. The molecule has 0 aromatic heterocycles. The summed E-state index contributed by atoms with van der Waals surface area (Å²) < 4.78 is 0. The molecule has 0 radical (unpaired) electrons. The largest absolute Gasteiger partial charge is 0.340 e. The summed E-state index contributed by atoms with van der Waals surface area (Å²) in [5.41, 5.74) is -0.758. The maximum atomic E-state index is 12.5. The Kier molecular flexibility index (Phi) is 3.88. The van der Waals surface area contributed by atoms with Crippen LogP contribution in [0, 0.1) is 11.8 Å². The third kappa shape index (κ3) is 2.93. The van der Waals surface area contributed by atoms with Gasteiger partial charge in [0.1, 0.15) is 11.6 Å². The van der Waals surface area contributed by atoms with Gasteiger partial charge in [-0.3, -0.25) is 9.59 Å². The van der Waals surface area contributed by atoms with Gasteiger partial charge in [0.25, 0.3) is 0 Å². The molecule has 1 aliphatic carbocycles. The minimum absolute atomic E-state index is 0.0335. The van der Waals surface area contributed by atoms with Crippen molar-refractivity contribution in [2.45, 2.75) is 65.0 Å². The van der Waals surface area contributed by atoms with Crippen molar-refractivity contribution in [1.82, 2.24) is 10.2 Å². The summed E-state index contributed by atoms with van der Waals surface area (Å²) in [7, 11) is 0. The molecule has 1 unspecified atom stereocenters. The molecule has 2 rings (SSSR count). The first-order valence-corrected chi connectivity index (χ1v) is 7.44. The van der Waals surface area contributed by atoms with E-state index in [1.807, 2.05) is 6.92 Å². The smallest absolute Gasteiger partial charge is 0.248 e. The summed E-state index contributed by atoms with van der Waals surface area (Å²) >= 11 is 0. The first-order valence-electron chi connectivity index (χ1n) is 7.44. The highest BCUT2D eigenvalue weighted by molar-refractivity contribution is 5.99. The zero-order valence-corrected chi connectivity index (χ0v) is 12.5. The van der Waals surface area contributed by atoms with Crippen molar-refractivity contribution in [2.24, 2.45) is 11.8 Å². The van der Waals surface area contributed by atoms with Gasteiger partial charge in [-0.2, -0.15) is 0 Å². The second-order valence-corrected chi connectivity index (χ2v) is 6.87. The van der Waals surface area contributed by atoms with E-state index in [2.05, 4.69) is 12.2 Å². The third-order valence-corrected chi connectivity index (χ3v) is 4.67. The highest BCUT2D eigenvalue weighted by atomic mass is 16.2. The van der Waals surface area contributed by atoms with Gasteiger partial charge in [-0.1, -0.05) is 19.8 Å². The van der Waals surface area contributed by atoms with E-state index >= 15 is 0 Å². The normalized spacial score (nSPS) is 35.2. The Labute approximate surface area is 115 Å². The quantitative estimate of drug-likeness (QED) is 0.830. The fourth-order valence-corrected chi connectivity index (χ4v) is 3.17. The summed E-state index contributed by atoms with van der Waals surface area (Å²) in [5, 5.41) is 2.80. The third-order valence-electron chi connectivity index (χ3n) is 4.67. The molecular weight excluding hydrogens is 240 g/mol. The molecule has 1 aliphatic heterocycles. The van der Waals surface area contributed by atoms with Crippen LogP contribution in [0.3, 0.4) is 0 Å². The van der Waals surface area contributed by atoms with Crippen LogP contribution < -0.4 is 5.32 Å². The topological polar surface area (TPSA) is 49.4 Å². The van der Waals surface area contributed by atoms with E-state index in [1.54, 1.807) is 18.7 Å². The van der Waals surface area contributed by atoms with Gasteiger partial charge < -0.3 is 10.2 Å². The lowest BCUT2D eigenvalue weighted by atomic mass is 9.82. The molecule has 1 N–H and O–H groups in total. The number of hydrogen-bond acceptors (Lipinski definition) is 2. The Morgan fingerprint density at radius 3 is 2.32 bits per heavy atom. The van der Waals surface area contributed by atoms with Crippen LogP contribution in [0.25, 0.3) is 0 Å². The Morgan fingerprint density at radius 2 is 1.74 bits per heavy atom. The van der Waals surface area contributed by atoms with Gasteiger partial charge in [0.15, 0.2) is 0 Å². The average Bonchev–Trinajstić information content (AvgIpc) is 2.34. The molecule has 2 amide bonds. The van der Waals surface area contributed by atoms with E-state index in [9.17, 15) is 9.59 Å². The number of carbonyl (C=O) groups is 2. The Bertz CT molecular complexity index is 370. The standard InChI is InChI=1S/C15H26N2O2/c1-10-5-7-12(8-6-10)9-17-11(2)13(18)16-15(3,4)14(17)19/h10-12H,5-9H2,1-4H3,(H,16,18). The van der Waals surface area contributed by atoms with Crippen LogP contribution in [-0.4, -0.2) is 34.8 Å². The predicted octanol–water partition coefficient (Wildman–Crippen LogP) is 1.94. The van der Waals surface area contributed by atoms with Crippen molar-refractivity contribution in [3.8, 4) is 0 Å². The molecule has 1 saturated heterocycles. The van der Waals surface area contributed by atoms with Crippen LogP contribution >= 0.6 is 0 Å². The van der Waals surface area contributed by atoms with E-state index in [0.29, 0.717) is 5.92 Å². The van der Waals surface area contributed by atoms with E-state index in [0.717, 1.165) is 12.5 Å². The number of nitrogens with zero attached hydrogens (tertiary/aromatic N) is 1. The summed E-state index contributed by atoms with van der Waals surface area (Å²) in [5.74, 6) is 1.39. The zero-order chi connectivity index (χ0) is 14.2. The minimum Gasteiger partial charge on any atom is -0.340 e. The summed E-state index contributed by atoms with van der Waals surface area (Å²) in [6.07, 6.45) is 4.85.